The molecule has 0 atom stereocenters. The summed E-state index contributed by atoms with van der Waals surface area (Å²) in [6.45, 7) is 0. The minimum Gasteiger partial charge on any atom is -0.505 e. The Balaban J connectivity index is 1.88. The number of nitrogens with two attached hydrogens (primary N) is 1. The molecule has 0 fully saturated rings. The average Bonchev–Trinajstić information content (AvgIpc) is 3.22. The van der Waals surface area contributed by atoms with Crippen LogP contribution in [0.1, 0.15) is 0 Å². The van der Waals surface area contributed by atoms with Gasteiger partial charge in [-0.25, -0.2) is 9.37 Å². The Morgan fingerprint density at radius 1 is 1.15 bits per heavy atom. The maximum Gasteiger partial charge on any atom is 0.151 e. The van der Waals surface area contributed by atoms with Gasteiger partial charge in [0, 0.05) is 18.2 Å². The quantitative estimate of drug-likeness (QED) is 0.512. The lowest BCUT2D eigenvalue weighted by atomic mass is 10.2. The van der Waals surface area contributed by atoms with Gasteiger partial charge in [0.05, 0.1) is 31.6 Å². The molecule has 0 aliphatic rings. The second-order valence-electron chi connectivity index (χ2n) is 5.94. The number of H-pyrrole nitrogens is 1. The first kappa shape index (κ1) is 16.8. The van der Waals surface area contributed by atoms with Crippen LogP contribution in [0.4, 0.5) is 10.2 Å². The molecule has 0 amide bonds. The maximum absolute atomic E-state index is 13.9. The lowest BCUT2D eigenvalue weighted by Gasteiger charge is -2.11. The molecule has 2 aromatic heterocycles. The number of nitrogen functional groups attached to an aromatic ring is 1. The van der Waals surface area contributed by atoms with Crippen molar-refractivity contribution in [1.29, 1.82) is 0 Å². The lowest BCUT2D eigenvalue weighted by Crippen LogP contribution is -2.01. The number of hydrogen-bond acceptors (Lipinski definition) is 5. The van der Waals surface area contributed by atoms with Gasteiger partial charge in [0.2, 0.25) is 0 Å². The Labute approximate surface area is 153 Å². The van der Waals surface area contributed by atoms with Gasteiger partial charge in [-0.1, -0.05) is 6.07 Å². The molecular formula is C19H17FN4O3. The van der Waals surface area contributed by atoms with Crippen molar-refractivity contribution in [3.05, 3.63) is 48.4 Å². The van der Waals surface area contributed by atoms with Crippen LogP contribution in [0.3, 0.4) is 0 Å². The summed E-state index contributed by atoms with van der Waals surface area (Å²) in [5.41, 5.74) is 7.89. The van der Waals surface area contributed by atoms with E-state index in [4.69, 9.17) is 15.2 Å². The molecule has 0 aliphatic heterocycles. The molecule has 0 saturated carbocycles. The predicted octanol–water partition coefficient (Wildman–Crippen LogP) is 3.46. The molecule has 2 aromatic carbocycles. The van der Waals surface area contributed by atoms with Gasteiger partial charge >= 0.3 is 0 Å². The van der Waals surface area contributed by atoms with Crippen LogP contribution >= 0.6 is 0 Å². The molecular weight excluding hydrogens is 351 g/mol. The summed E-state index contributed by atoms with van der Waals surface area (Å²) in [7, 11) is 3.09. The standard InChI is InChI=1S/C19H17FN4O3/c1-26-11-6-10(7-12(8-11)27-2)24-9-15(25)16(18(24)21)19-22-14-5-3-4-13(20)17(14)23-19/h3-9,25H,21H2,1-2H3,(H,22,23). The molecule has 4 aromatic rings. The van der Waals surface area contributed by atoms with Gasteiger partial charge in [0.1, 0.15) is 40.0 Å². The summed E-state index contributed by atoms with van der Waals surface area (Å²) in [6, 6.07) is 9.83. The summed E-state index contributed by atoms with van der Waals surface area (Å²) in [5, 5.41) is 10.5. The number of anilines is 1. The van der Waals surface area contributed by atoms with Gasteiger partial charge in [-0.05, 0) is 12.1 Å². The summed E-state index contributed by atoms with van der Waals surface area (Å²) in [5.74, 6) is 1.12. The molecule has 2 heterocycles. The third-order valence-electron chi connectivity index (χ3n) is 4.34. The number of aromatic amines is 1. The Kier molecular flexibility index (Phi) is 3.88. The number of hydrogen-bond donors (Lipinski definition) is 3. The number of halogens is 1. The van der Waals surface area contributed by atoms with Crippen molar-refractivity contribution >= 4 is 16.9 Å². The molecule has 138 valence electrons. The van der Waals surface area contributed by atoms with Crippen LogP contribution in [0.2, 0.25) is 0 Å². The van der Waals surface area contributed by atoms with Crippen molar-refractivity contribution in [2.24, 2.45) is 0 Å². The van der Waals surface area contributed by atoms with E-state index in [9.17, 15) is 9.50 Å². The highest BCUT2D eigenvalue weighted by molar-refractivity contribution is 5.85. The molecule has 4 N–H and O–H groups in total. The van der Waals surface area contributed by atoms with Gasteiger partial charge in [-0.3, -0.25) is 4.57 Å². The molecule has 0 spiro atoms. The fourth-order valence-corrected chi connectivity index (χ4v) is 3.01. The monoisotopic (exact) mass is 368 g/mol. The topological polar surface area (TPSA) is 98.3 Å². The van der Waals surface area contributed by atoms with E-state index in [2.05, 4.69) is 9.97 Å². The zero-order chi connectivity index (χ0) is 19.1. The van der Waals surface area contributed by atoms with Crippen LogP contribution in [-0.2, 0) is 0 Å². The van der Waals surface area contributed by atoms with Crippen LogP contribution in [0.15, 0.2) is 42.6 Å². The van der Waals surface area contributed by atoms with Gasteiger partial charge in [0.15, 0.2) is 5.82 Å². The van der Waals surface area contributed by atoms with Gasteiger partial charge in [-0.2, -0.15) is 0 Å². The SMILES string of the molecule is COc1cc(OC)cc(-n2cc(O)c(-c3nc4c(F)cccc4[nH]3)c2N)c1. The average molecular weight is 368 g/mol. The van der Waals surface area contributed by atoms with E-state index >= 15 is 0 Å². The number of para-hydroxylation sites is 1. The van der Waals surface area contributed by atoms with Crippen molar-refractivity contribution in [3.63, 3.8) is 0 Å². The first-order chi connectivity index (χ1) is 13.0. The number of aromatic nitrogens is 3. The van der Waals surface area contributed by atoms with Crippen molar-refractivity contribution in [3.8, 4) is 34.3 Å². The first-order valence-corrected chi connectivity index (χ1v) is 8.09. The minimum atomic E-state index is -0.454. The van der Waals surface area contributed by atoms with Gasteiger partial charge in [-0.15, -0.1) is 0 Å². The highest BCUT2D eigenvalue weighted by atomic mass is 19.1. The number of nitrogens with one attached hydrogen (secondary N) is 1. The molecule has 0 aliphatic carbocycles. The zero-order valence-electron chi connectivity index (χ0n) is 14.7. The maximum atomic E-state index is 13.9. The smallest absolute Gasteiger partial charge is 0.151 e. The van der Waals surface area contributed by atoms with E-state index in [1.165, 1.54) is 12.3 Å². The van der Waals surface area contributed by atoms with Crippen molar-refractivity contribution in [2.75, 3.05) is 20.0 Å². The van der Waals surface area contributed by atoms with Crippen LogP contribution in [-0.4, -0.2) is 33.9 Å². The number of methoxy groups -OCH3 is 2. The summed E-state index contributed by atoms with van der Waals surface area (Å²) in [6.07, 6.45) is 1.46. The Morgan fingerprint density at radius 3 is 2.48 bits per heavy atom. The number of benzene rings is 2. The van der Waals surface area contributed by atoms with Crippen molar-refractivity contribution in [1.82, 2.24) is 14.5 Å². The van der Waals surface area contributed by atoms with Crippen LogP contribution in [0.5, 0.6) is 17.2 Å². The number of aromatic hydroxyl groups is 1. The number of ether oxygens (including phenoxy) is 2. The Morgan fingerprint density at radius 2 is 1.85 bits per heavy atom. The van der Waals surface area contributed by atoms with Gasteiger partial charge in [0.25, 0.3) is 0 Å². The summed E-state index contributed by atoms with van der Waals surface area (Å²) >= 11 is 0. The number of rotatable bonds is 4. The van der Waals surface area contributed by atoms with Crippen molar-refractivity contribution < 1.29 is 19.0 Å². The van der Waals surface area contributed by atoms with E-state index in [0.29, 0.717) is 22.7 Å². The van der Waals surface area contributed by atoms with E-state index < -0.39 is 5.82 Å². The number of imidazole rings is 1. The lowest BCUT2D eigenvalue weighted by molar-refractivity contribution is 0.394. The number of nitrogens with zero attached hydrogens (tertiary/aromatic N) is 2. The molecule has 0 saturated heterocycles. The Hall–Kier alpha value is -3.68. The molecule has 0 bridgehead atoms. The summed E-state index contributed by atoms with van der Waals surface area (Å²) in [4.78, 5) is 7.24. The molecule has 0 unspecified atom stereocenters. The van der Waals surface area contributed by atoms with Crippen LogP contribution < -0.4 is 15.2 Å². The largest absolute Gasteiger partial charge is 0.505 e. The highest BCUT2D eigenvalue weighted by Gasteiger charge is 2.20. The van der Waals surface area contributed by atoms with Crippen LogP contribution in [0, 0.1) is 5.82 Å². The van der Waals surface area contributed by atoms with E-state index in [1.807, 2.05) is 0 Å². The van der Waals surface area contributed by atoms with Gasteiger partial charge < -0.3 is 25.3 Å². The number of fused-ring (bicyclic) bond motifs is 1. The molecule has 4 rings (SSSR count). The van der Waals surface area contributed by atoms with Crippen molar-refractivity contribution in [2.45, 2.75) is 0 Å². The van der Waals surface area contributed by atoms with E-state index in [1.54, 1.807) is 49.1 Å². The van der Waals surface area contributed by atoms with Crippen LogP contribution in [0.25, 0.3) is 28.1 Å². The molecule has 7 nitrogen and oxygen atoms in total. The Bertz CT molecular complexity index is 1130. The first-order valence-electron chi connectivity index (χ1n) is 8.09. The fraction of sp³-hybridized carbons (Fsp3) is 0.105. The predicted molar refractivity (Wildman–Crippen MR) is 100.0 cm³/mol. The van der Waals surface area contributed by atoms with E-state index in [-0.39, 0.29) is 28.5 Å². The minimum absolute atomic E-state index is 0.0891. The molecule has 8 heteroatoms. The zero-order valence-corrected chi connectivity index (χ0v) is 14.7. The molecule has 27 heavy (non-hydrogen) atoms. The third kappa shape index (κ3) is 2.71. The normalized spacial score (nSPS) is 11.1. The van der Waals surface area contributed by atoms with E-state index in [0.717, 1.165) is 0 Å². The fourth-order valence-electron chi connectivity index (χ4n) is 3.01. The second kappa shape index (κ2) is 6.24. The molecule has 0 radical (unpaired) electrons. The third-order valence-corrected chi connectivity index (χ3v) is 4.34. The highest BCUT2D eigenvalue weighted by Crippen LogP contribution is 2.38. The summed E-state index contributed by atoms with van der Waals surface area (Å²) < 4.78 is 26.1. The second-order valence-corrected chi connectivity index (χ2v) is 5.94.